The van der Waals surface area contributed by atoms with E-state index in [1.54, 1.807) is 0 Å². The van der Waals surface area contributed by atoms with Crippen LogP contribution in [0.1, 0.15) is 70.8 Å². The van der Waals surface area contributed by atoms with Gasteiger partial charge >= 0.3 is 0 Å². The Balaban J connectivity index is 2.03. The fourth-order valence-corrected chi connectivity index (χ4v) is 2.40. The first-order chi connectivity index (χ1) is 9.26. The molecule has 0 radical (unpaired) electrons. The lowest BCUT2D eigenvalue weighted by Crippen LogP contribution is -2.09. The molecule has 0 spiro atoms. The second-order valence-corrected chi connectivity index (χ2v) is 5.47. The van der Waals surface area contributed by atoms with E-state index in [-0.39, 0.29) is 6.10 Å². The molecule has 1 unspecified atom stereocenters. The van der Waals surface area contributed by atoms with Crippen LogP contribution in [0.25, 0.3) is 0 Å². The van der Waals surface area contributed by atoms with Gasteiger partial charge in [0.25, 0.3) is 0 Å². The van der Waals surface area contributed by atoms with Crippen molar-refractivity contribution < 1.29 is 5.11 Å². The second-order valence-electron chi connectivity index (χ2n) is 5.47. The fourth-order valence-electron chi connectivity index (χ4n) is 2.40. The molecule has 1 atom stereocenters. The molecular weight excluding hydrogens is 236 g/mol. The summed E-state index contributed by atoms with van der Waals surface area (Å²) in [5.74, 6) is 0. The average Bonchev–Trinajstić information content (AvgIpc) is 2.85. The molecule has 0 aliphatic heterocycles. The Bertz CT molecular complexity index is 322. The Kier molecular flexibility index (Phi) is 8.55. The summed E-state index contributed by atoms with van der Waals surface area (Å²) in [4.78, 5) is 0. The minimum Gasteiger partial charge on any atom is -0.393 e. The van der Waals surface area contributed by atoms with Crippen molar-refractivity contribution in [2.75, 3.05) is 0 Å². The molecule has 1 aromatic rings. The molecular formula is C16H30N2O. The molecule has 110 valence electrons. The quantitative estimate of drug-likeness (QED) is 0.616. The maximum absolute atomic E-state index is 9.99. The lowest BCUT2D eigenvalue weighted by Gasteiger charge is -2.08. The Morgan fingerprint density at radius 2 is 1.79 bits per heavy atom. The largest absolute Gasteiger partial charge is 0.393 e. The number of aryl methyl sites for hydroxylation is 1. The zero-order chi connectivity index (χ0) is 13.9. The van der Waals surface area contributed by atoms with Gasteiger partial charge in [0, 0.05) is 19.2 Å². The molecule has 3 heteroatoms. The molecule has 0 aliphatic carbocycles. The van der Waals surface area contributed by atoms with Gasteiger partial charge in [0.1, 0.15) is 0 Å². The van der Waals surface area contributed by atoms with Crippen molar-refractivity contribution in [2.45, 2.75) is 84.3 Å². The molecule has 0 saturated heterocycles. The predicted octanol–water partition coefficient (Wildman–Crippen LogP) is 3.95. The molecule has 0 fully saturated rings. The standard InChI is InChI=1S/C16H30N2O/c1-3-5-6-7-8-9-10-11-16(19)12-15-13-17-18(4-2)14-15/h13-14,16,19H,3-12H2,1-2H3. The molecule has 1 N–H and O–H groups in total. The number of aromatic nitrogens is 2. The van der Waals surface area contributed by atoms with Gasteiger partial charge in [-0.15, -0.1) is 0 Å². The van der Waals surface area contributed by atoms with Crippen molar-refractivity contribution in [1.29, 1.82) is 0 Å². The molecule has 1 rings (SSSR count). The first kappa shape index (κ1) is 16.2. The first-order valence-corrected chi connectivity index (χ1v) is 7.95. The van der Waals surface area contributed by atoms with Crippen LogP contribution < -0.4 is 0 Å². The van der Waals surface area contributed by atoms with Crippen LogP contribution in [0.2, 0.25) is 0 Å². The Labute approximate surface area is 118 Å². The van der Waals surface area contributed by atoms with Crippen LogP contribution in [0.5, 0.6) is 0 Å². The van der Waals surface area contributed by atoms with Crippen LogP contribution >= 0.6 is 0 Å². The van der Waals surface area contributed by atoms with E-state index in [4.69, 9.17) is 0 Å². The molecule has 19 heavy (non-hydrogen) atoms. The molecule has 0 amide bonds. The number of nitrogens with zero attached hydrogens (tertiary/aromatic N) is 2. The summed E-state index contributed by atoms with van der Waals surface area (Å²) in [6, 6.07) is 0. The summed E-state index contributed by atoms with van der Waals surface area (Å²) in [6.45, 7) is 5.22. The minimum absolute atomic E-state index is 0.204. The van der Waals surface area contributed by atoms with Crippen LogP contribution in [0.15, 0.2) is 12.4 Å². The Morgan fingerprint density at radius 1 is 1.11 bits per heavy atom. The van der Waals surface area contributed by atoms with Crippen LogP contribution in [0.4, 0.5) is 0 Å². The van der Waals surface area contributed by atoms with E-state index in [1.807, 2.05) is 17.1 Å². The maximum Gasteiger partial charge on any atom is 0.0581 e. The van der Waals surface area contributed by atoms with Crippen molar-refractivity contribution in [3.63, 3.8) is 0 Å². The Morgan fingerprint density at radius 3 is 2.42 bits per heavy atom. The van der Waals surface area contributed by atoms with E-state index in [2.05, 4.69) is 18.9 Å². The number of unbranched alkanes of at least 4 members (excludes halogenated alkanes) is 6. The van der Waals surface area contributed by atoms with Crippen molar-refractivity contribution in [1.82, 2.24) is 9.78 Å². The molecule has 0 saturated carbocycles. The van der Waals surface area contributed by atoms with Gasteiger partial charge in [-0.1, -0.05) is 51.9 Å². The van der Waals surface area contributed by atoms with Crippen LogP contribution in [0.3, 0.4) is 0 Å². The number of rotatable bonds is 11. The molecule has 0 bridgehead atoms. The normalized spacial score (nSPS) is 12.8. The van der Waals surface area contributed by atoms with Gasteiger partial charge in [0.05, 0.1) is 12.3 Å². The maximum atomic E-state index is 9.99. The Hall–Kier alpha value is -0.830. The molecule has 1 aromatic heterocycles. The summed E-state index contributed by atoms with van der Waals surface area (Å²) in [5.41, 5.74) is 1.15. The van der Waals surface area contributed by atoms with Crippen molar-refractivity contribution in [3.8, 4) is 0 Å². The molecule has 0 aromatic carbocycles. The fraction of sp³-hybridized carbons (Fsp3) is 0.812. The van der Waals surface area contributed by atoms with E-state index in [0.717, 1.165) is 31.4 Å². The summed E-state index contributed by atoms with van der Waals surface area (Å²) < 4.78 is 1.91. The molecule has 3 nitrogen and oxygen atoms in total. The van der Waals surface area contributed by atoms with Gasteiger partial charge in [-0.05, 0) is 18.9 Å². The number of aliphatic hydroxyl groups excluding tert-OH is 1. The van der Waals surface area contributed by atoms with Gasteiger partial charge in [-0.2, -0.15) is 5.10 Å². The van der Waals surface area contributed by atoms with E-state index in [1.165, 1.54) is 38.5 Å². The highest BCUT2D eigenvalue weighted by Crippen LogP contribution is 2.12. The van der Waals surface area contributed by atoms with Crippen LogP contribution in [-0.4, -0.2) is 21.0 Å². The zero-order valence-corrected chi connectivity index (χ0v) is 12.6. The topological polar surface area (TPSA) is 38.1 Å². The van der Waals surface area contributed by atoms with Gasteiger partial charge in [0.2, 0.25) is 0 Å². The van der Waals surface area contributed by atoms with E-state index < -0.39 is 0 Å². The third-order valence-corrected chi connectivity index (χ3v) is 3.62. The average molecular weight is 266 g/mol. The molecule has 1 heterocycles. The van der Waals surface area contributed by atoms with E-state index >= 15 is 0 Å². The number of aliphatic hydroxyl groups is 1. The third-order valence-electron chi connectivity index (χ3n) is 3.62. The minimum atomic E-state index is -0.204. The lowest BCUT2D eigenvalue weighted by molar-refractivity contribution is 0.161. The van der Waals surface area contributed by atoms with Gasteiger partial charge in [-0.25, -0.2) is 0 Å². The monoisotopic (exact) mass is 266 g/mol. The summed E-state index contributed by atoms with van der Waals surface area (Å²) >= 11 is 0. The van der Waals surface area contributed by atoms with Crippen molar-refractivity contribution >= 4 is 0 Å². The van der Waals surface area contributed by atoms with Crippen LogP contribution in [0, 0.1) is 0 Å². The van der Waals surface area contributed by atoms with Crippen LogP contribution in [-0.2, 0) is 13.0 Å². The van der Waals surface area contributed by atoms with Gasteiger partial charge in [-0.3, -0.25) is 4.68 Å². The van der Waals surface area contributed by atoms with Crippen molar-refractivity contribution in [2.24, 2.45) is 0 Å². The summed E-state index contributed by atoms with van der Waals surface area (Å²) in [5, 5.41) is 14.2. The smallest absolute Gasteiger partial charge is 0.0581 e. The first-order valence-electron chi connectivity index (χ1n) is 7.95. The predicted molar refractivity (Wildman–Crippen MR) is 80.2 cm³/mol. The summed E-state index contributed by atoms with van der Waals surface area (Å²) in [6.07, 6.45) is 14.5. The lowest BCUT2D eigenvalue weighted by atomic mass is 10.0. The number of hydrogen-bond donors (Lipinski definition) is 1. The molecule has 0 aliphatic rings. The second kappa shape index (κ2) is 10.0. The highest BCUT2D eigenvalue weighted by molar-refractivity contribution is 5.05. The SMILES string of the molecule is CCCCCCCCCC(O)Cc1cnn(CC)c1. The van der Waals surface area contributed by atoms with E-state index in [9.17, 15) is 5.11 Å². The highest BCUT2D eigenvalue weighted by atomic mass is 16.3. The van der Waals surface area contributed by atoms with Gasteiger partial charge < -0.3 is 5.11 Å². The summed E-state index contributed by atoms with van der Waals surface area (Å²) in [7, 11) is 0. The third kappa shape index (κ3) is 7.36. The zero-order valence-electron chi connectivity index (χ0n) is 12.6. The van der Waals surface area contributed by atoms with Crippen molar-refractivity contribution in [3.05, 3.63) is 18.0 Å². The van der Waals surface area contributed by atoms with Gasteiger partial charge in [0.15, 0.2) is 0 Å². The van der Waals surface area contributed by atoms with E-state index in [0.29, 0.717) is 0 Å². The number of hydrogen-bond acceptors (Lipinski definition) is 2. The highest BCUT2D eigenvalue weighted by Gasteiger charge is 2.07.